The van der Waals surface area contributed by atoms with Crippen molar-refractivity contribution in [3.8, 4) is 45.5 Å². The molecule has 1 saturated heterocycles. The fourth-order valence-electron chi connectivity index (χ4n) is 4.10. The fraction of sp³-hybridized carbons (Fsp3) is 0.346. The standard InChI is InChI=1S/C26H30N4O5/c1-32-19-9-7-17(8-10-19)20-15-21(18-13-22(33-2)25(35-4)23(14-18)34-3)28-26(27-20)29-24(31)16-30-11-5-6-12-30/h7-10,13-15H,5-6,11-12,16H2,1-4H3,(H,27,28,29,31). The molecule has 2 aromatic carbocycles. The Balaban J connectivity index is 1.75. The number of nitrogens with one attached hydrogen (secondary N) is 1. The van der Waals surface area contributed by atoms with Gasteiger partial charge in [-0.2, -0.15) is 0 Å². The van der Waals surface area contributed by atoms with Crippen molar-refractivity contribution in [2.45, 2.75) is 12.8 Å². The number of methoxy groups -OCH3 is 4. The lowest BCUT2D eigenvalue weighted by molar-refractivity contribution is -0.117. The van der Waals surface area contributed by atoms with Gasteiger partial charge >= 0.3 is 0 Å². The van der Waals surface area contributed by atoms with Gasteiger partial charge in [-0.15, -0.1) is 0 Å². The molecule has 9 nitrogen and oxygen atoms in total. The summed E-state index contributed by atoms with van der Waals surface area (Å²) in [6, 6.07) is 13.0. The Morgan fingerprint density at radius 3 is 1.97 bits per heavy atom. The van der Waals surface area contributed by atoms with Gasteiger partial charge < -0.3 is 18.9 Å². The molecule has 1 aliphatic rings. The highest BCUT2D eigenvalue weighted by Crippen LogP contribution is 2.41. The van der Waals surface area contributed by atoms with E-state index in [1.54, 1.807) is 28.4 Å². The molecule has 0 saturated carbocycles. The van der Waals surface area contributed by atoms with Gasteiger partial charge in [0.05, 0.1) is 46.4 Å². The summed E-state index contributed by atoms with van der Waals surface area (Å²) in [4.78, 5) is 24.1. The minimum absolute atomic E-state index is 0.144. The quantitative estimate of drug-likeness (QED) is 0.495. The Bertz CT molecular complexity index is 1150. The molecular formula is C26H30N4O5. The largest absolute Gasteiger partial charge is 0.497 e. The van der Waals surface area contributed by atoms with Gasteiger partial charge in [-0.3, -0.25) is 15.0 Å². The van der Waals surface area contributed by atoms with E-state index in [1.165, 1.54) is 0 Å². The molecule has 2 heterocycles. The van der Waals surface area contributed by atoms with E-state index in [4.69, 9.17) is 18.9 Å². The number of hydrogen-bond donors (Lipinski definition) is 1. The average molecular weight is 479 g/mol. The maximum Gasteiger partial charge on any atom is 0.240 e. The second kappa shape index (κ2) is 11.1. The summed E-state index contributed by atoms with van der Waals surface area (Å²) in [5, 5.41) is 2.88. The third-order valence-electron chi connectivity index (χ3n) is 5.89. The molecule has 0 radical (unpaired) electrons. The van der Waals surface area contributed by atoms with E-state index in [0.717, 1.165) is 42.8 Å². The molecule has 184 valence electrons. The van der Waals surface area contributed by atoms with Gasteiger partial charge in [0.25, 0.3) is 0 Å². The van der Waals surface area contributed by atoms with Crippen molar-refractivity contribution < 1.29 is 23.7 Å². The van der Waals surface area contributed by atoms with Crippen LogP contribution in [0.25, 0.3) is 22.5 Å². The van der Waals surface area contributed by atoms with E-state index in [2.05, 4.69) is 20.2 Å². The van der Waals surface area contributed by atoms with Gasteiger partial charge in [-0.1, -0.05) is 0 Å². The first-order valence-electron chi connectivity index (χ1n) is 11.4. The normalized spacial score (nSPS) is 13.4. The zero-order valence-electron chi connectivity index (χ0n) is 20.5. The second-order valence-corrected chi connectivity index (χ2v) is 8.14. The third-order valence-corrected chi connectivity index (χ3v) is 5.89. The molecule has 0 unspecified atom stereocenters. The Labute approximate surface area is 205 Å². The molecule has 0 spiro atoms. The van der Waals surface area contributed by atoms with Crippen LogP contribution in [-0.2, 0) is 4.79 Å². The Morgan fingerprint density at radius 2 is 1.43 bits per heavy atom. The van der Waals surface area contributed by atoms with Gasteiger partial charge in [0.1, 0.15) is 5.75 Å². The lowest BCUT2D eigenvalue weighted by atomic mass is 10.1. The summed E-state index contributed by atoms with van der Waals surface area (Å²) in [5.74, 6) is 2.33. The van der Waals surface area contributed by atoms with Crippen LogP contribution >= 0.6 is 0 Å². The summed E-state index contributed by atoms with van der Waals surface area (Å²) < 4.78 is 21.7. The van der Waals surface area contributed by atoms with Crippen LogP contribution in [0.1, 0.15) is 12.8 Å². The maximum atomic E-state index is 12.7. The molecule has 1 amide bonds. The zero-order valence-corrected chi connectivity index (χ0v) is 20.5. The van der Waals surface area contributed by atoms with Crippen molar-refractivity contribution in [1.82, 2.24) is 14.9 Å². The lowest BCUT2D eigenvalue weighted by Crippen LogP contribution is -2.31. The van der Waals surface area contributed by atoms with Gasteiger partial charge in [0, 0.05) is 11.1 Å². The molecule has 1 aliphatic heterocycles. The van der Waals surface area contributed by atoms with E-state index >= 15 is 0 Å². The van der Waals surface area contributed by atoms with E-state index in [-0.39, 0.29) is 11.9 Å². The minimum Gasteiger partial charge on any atom is -0.497 e. The number of ether oxygens (including phenoxy) is 4. The Hall–Kier alpha value is -3.85. The first kappa shape index (κ1) is 24.3. The number of carbonyl (C=O) groups excluding carboxylic acids is 1. The van der Waals surface area contributed by atoms with Crippen LogP contribution in [0.3, 0.4) is 0 Å². The van der Waals surface area contributed by atoms with Gasteiger partial charge in [-0.25, -0.2) is 9.97 Å². The predicted octanol–water partition coefficient (Wildman–Crippen LogP) is 3.88. The summed E-state index contributed by atoms with van der Waals surface area (Å²) in [6.45, 7) is 2.17. The molecule has 0 aliphatic carbocycles. The van der Waals surface area contributed by atoms with Crippen molar-refractivity contribution in [2.75, 3.05) is 53.4 Å². The Kier molecular flexibility index (Phi) is 7.67. The highest BCUT2D eigenvalue weighted by molar-refractivity contribution is 5.91. The SMILES string of the molecule is COc1ccc(-c2cc(-c3cc(OC)c(OC)c(OC)c3)nc(NC(=O)CN3CCCC3)n2)cc1. The van der Waals surface area contributed by atoms with Crippen LogP contribution in [-0.4, -0.2) is 68.8 Å². The highest BCUT2D eigenvalue weighted by Gasteiger charge is 2.19. The number of aromatic nitrogens is 2. The summed E-state index contributed by atoms with van der Waals surface area (Å²) >= 11 is 0. The molecular weight excluding hydrogens is 448 g/mol. The summed E-state index contributed by atoms with van der Waals surface area (Å²) in [7, 11) is 6.30. The molecule has 1 aromatic heterocycles. The van der Waals surface area contributed by atoms with Crippen molar-refractivity contribution in [3.63, 3.8) is 0 Å². The van der Waals surface area contributed by atoms with E-state index < -0.39 is 0 Å². The Morgan fingerprint density at radius 1 is 0.829 bits per heavy atom. The number of carbonyl (C=O) groups is 1. The molecule has 35 heavy (non-hydrogen) atoms. The molecule has 3 aromatic rings. The van der Waals surface area contributed by atoms with Crippen molar-refractivity contribution in [3.05, 3.63) is 42.5 Å². The van der Waals surface area contributed by atoms with Crippen LogP contribution in [0, 0.1) is 0 Å². The predicted molar refractivity (Wildman–Crippen MR) is 133 cm³/mol. The highest BCUT2D eigenvalue weighted by atomic mass is 16.5. The number of likely N-dealkylation sites (tertiary alicyclic amines) is 1. The first-order chi connectivity index (χ1) is 17.0. The molecule has 4 rings (SSSR count). The van der Waals surface area contributed by atoms with Crippen molar-refractivity contribution in [2.24, 2.45) is 0 Å². The molecule has 0 atom stereocenters. The van der Waals surface area contributed by atoms with E-state index in [1.807, 2.05) is 42.5 Å². The number of rotatable bonds is 9. The lowest BCUT2D eigenvalue weighted by Gasteiger charge is -2.16. The smallest absolute Gasteiger partial charge is 0.240 e. The van der Waals surface area contributed by atoms with E-state index in [9.17, 15) is 4.79 Å². The molecule has 1 fully saturated rings. The molecule has 9 heteroatoms. The van der Waals surface area contributed by atoms with Crippen molar-refractivity contribution >= 4 is 11.9 Å². The maximum absolute atomic E-state index is 12.7. The second-order valence-electron chi connectivity index (χ2n) is 8.14. The topological polar surface area (TPSA) is 95.0 Å². The van der Waals surface area contributed by atoms with Gasteiger partial charge in [0.2, 0.25) is 17.6 Å². The number of benzene rings is 2. The monoisotopic (exact) mass is 478 g/mol. The van der Waals surface area contributed by atoms with Gasteiger partial charge in [-0.05, 0) is 68.4 Å². The summed E-state index contributed by atoms with van der Waals surface area (Å²) in [5.41, 5.74) is 2.84. The van der Waals surface area contributed by atoms with Crippen molar-refractivity contribution in [1.29, 1.82) is 0 Å². The van der Waals surface area contributed by atoms with Gasteiger partial charge in [0.15, 0.2) is 11.5 Å². The minimum atomic E-state index is -0.144. The first-order valence-corrected chi connectivity index (χ1v) is 11.4. The fourth-order valence-corrected chi connectivity index (χ4v) is 4.10. The average Bonchev–Trinajstić information content (AvgIpc) is 3.40. The van der Waals surface area contributed by atoms with Crippen LogP contribution in [0.5, 0.6) is 23.0 Å². The molecule has 0 bridgehead atoms. The molecule has 1 N–H and O–H groups in total. The third kappa shape index (κ3) is 5.63. The van der Waals surface area contributed by atoms with E-state index in [0.29, 0.717) is 35.2 Å². The van der Waals surface area contributed by atoms with Crippen LogP contribution in [0.15, 0.2) is 42.5 Å². The van der Waals surface area contributed by atoms with Crippen LogP contribution in [0.2, 0.25) is 0 Å². The number of anilines is 1. The van der Waals surface area contributed by atoms with Crippen LogP contribution in [0.4, 0.5) is 5.95 Å². The van der Waals surface area contributed by atoms with Crippen LogP contribution < -0.4 is 24.3 Å². The summed E-state index contributed by atoms with van der Waals surface area (Å²) in [6.07, 6.45) is 2.23. The number of hydrogen-bond acceptors (Lipinski definition) is 8. The number of nitrogens with zero attached hydrogens (tertiary/aromatic N) is 3. The zero-order chi connectivity index (χ0) is 24.8. The number of amides is 1.